The third-order valence-corrected chi connectivity index (χ3v) is 5.18. The summed E-state index contributed by atoms with van der Waals surface area (Å²) in [5.41, 5.74) is -0.287. The Morgan fingerprint density at radius 2 is 2.35 bits per heavy atom. The van der Waals surface area contributed by atoms with Gasteiger partial charge in [-0.05, 0) is 6.07 Å². The monoisotopic (exact) mass is 340 g/mol. The fraction of sp³-hybridized carbons (Fsp3) is 0.600. The van der Waals surface area contributed by atoms with Gasteiger partial charge in [-0.1, -0.05) is 6.07 Å². The predicted molar refractivity (Wildman–Crippen MR) is 82.8 cm³/mol. The predicted octanol–water partition coefficient (Wildman–Crippen LogP) is -0.0200. The van der Waals surface area contributed by atoms with E-state index in [0.717, 1.165) is 6.26 Å². The topological polar surface area (TPSA) is 85.8 Å². The van der Waals surface area contributed by atoms with E-state index in [-0.39, 0.29) is 17.2 Å². The quantitative estimate of drug-likeness (QED) is 0.749. The Morgan fingerprint density at radius 1 is 1.52 bits per heavy atom. The molecule has 126 valence electrons. The number of nitrogens with zero attached hydrogens (tertiary/aromatic N) is 2. The maximum atomic E-state index is 12.2. The van der Waals surface area contributed by atoms with Crippen LogP contribution in [0, 0.1) is 11.3 Å². The zero-order chi connectivity index (χ0) is 16.5. The Kier molecular flexibility index (Phi) is 4.29. The highest BCUT2D eigenvalue weighted by molar-refractivity contribution is 7.91. The molecule has 8 heteroatoms. The molecule has 0 radical (unpaired) electrons. The minimum Gasteiger partial charge on any atom is -0.477 e. The molecule has 23 heavy (non-hydrogen) atoms. The summed E-state index contributed by atoms with van der Waals surface area (Å²) >= 11 is 0. The molecule has 0 unspecified atom stereocenters. The van der Waals surface area contributed by atoms with Crippen molar-refractivity contribution in [2.45, 2.75) is 0 Å². The fourth-order valence-corrected chi connectivity index (χ4v) is 3.82. The summed E-state index contributed by atoms with van der Waals surface area (Å²) in [7, 11) is -3.32. The second kappa shape index (κ2) is 6.09. The minimum absolute atomic E-state index is 0.162. The number of likely N-dealkylation sites (tertiary alicyclic amines) is 1. The van der Waals surface area contributed by atoms with E-state index in [1.165, 1.54) is 0 Å². The molecular weight excluding hydrogens is 320 g/mol. The lowest BCUT2D eigenvalue weighted by molar-refractivity contribution is -0.128. The molecule has 2 saturated heterocycles. The lowest BCUT2D eigenvalue weighted by Crippen LogP contribution is -2.39. The van der Waals surface area contributed by atoms with Gasteiger partial charge in [-0.2, -0.15) is 0 Å². The van der Waals surface area contributed by atoms with Crippen LogP contribution in [-0.4, -0.2) is 69.1 Å². The molecule has 1 amide bonds. The Bertz CT molecular complexity index is 678. The molecule has 7 nitrogen and oxygen atoms in total. The summed E-state index contributed by atoms with van der Waals surface area (Å²) in [5, 5.41) is 0. The molecule has 2 aliphatic rings. The van der Waals surface area contributed by atoms with Crippen LogP contribution in [-0.2, 0) is 19.4 Å². The number of rotatable bonds is 5. The summed E-state index contributed by atoms with van der Waals surface area (Å²) < 4.78 is 34.0. The van der Waals surface area contributed by atoms with Crippen LogP contribution in [0.1, 0.15) is 0 Å². The van der Waals surface area contributed by atoms with Crippen molar-refractivity contribution in [2.24, 2.45) is 11.3 Å². The SMILES string of the molecule is CS(=O)(=O)CC(=O)N1C[C@H]2COC[C@@]2(COc2ccccn2)C1. The van der Waals surface area contributed by atoms with E-state index in [1.807, 2.05) is 12.1 Å². The third-order valence-electron chi connectivity index (χ3n) is 4.40. The Hall–Kier alpha value is -1.67. The van der Waals surface area contributed by atoms with Gasteiger partial charge in [-0.3, -0.25) is 4.79 Å². The first kappa shape index (κ1) is 16.2. The van der Waals surface area contributed by atoms with Crippen molar-refractivity contribution in [2.75, 3.05) is 44.9 Å². The molecular formula is C15H20N2O5S. The highest BCUT2D eigenvalue weighted by Gasteiger charge is 2.52. The van der Waals surface area contributed by atoms with Crippen LogP contribution in [0.2, 0.25) is 0 Å². The molecule has 0 spiro atoms. The van der Waals surface area contributed by atoms with Gasteiger partial charge in [0.25, 0.3) is 0 Å². The summed E-state index contributed by atoms with van der Waals surface area (Å²) in [5.74, 6) is -0.0973. The van der Waals surface area contributed by atoms with Crippen LogP contribution in [0.5, 0.6) is 5.88 Å². The Labute approximate surface area is 135 Å². The number of carbonyl (C=O) groups excluding carboxylic acids is 1. The summed E-state index contributed by atoms with van der Waals surface area (Å²) in [4.78, 5) is 17.9. The van der Waals surface area contributed by atoms with E-state index >= 15 is 0 Å². The third kappa shape index (κ3) is 3.64. The average Bonchev–Trinajstić information content (AvgIpc) is 3.01. The first-order valence-electron chi connectivity index (χ1n) is 7.45. The average molecular weight is 340 g/mol. The van der Waals surface area contributed by atoms with Crippen LogP contribution in [0.3, 0.4) is 0 Å². The minimum atomic E-state index is -3.32. The van der Waals surface area contributed by atoms with E-state index in [4.69, 9.17) is 9.47 Å². The number of hydrogen-bond donors (Lipinski definition) is 0. The van der Waals surface area contributed by atoms with Gasteiger partial charge in [0.1, 0.15) is 5.75 Å². The Balaban J connectivity index is 1.67. The zero-order valence-electron chi connectivity index (χ0n) is 13.0. The summed E-state index contributed by atoms with van der Waals surface area (Å²) in [6.07, 6.45) is 2.73. The number of aromatic nitrogens is 1. The van der Waals surface area contributed by atoms with E-state index < -0.39 is 15.6 Å². The molecule has 0 bridgehead atoms. The van der Waals surface area contributed by atoms with Gasteiger partial charge in [-0.25, -0.2) is 13.4 Å². The van der Waals surface area contributed by atoms with Crippen molar-refractivity contribution in [1.82, 2.24) is 9.88 Å². The molecule has 0 saturated carbocycles. The van der Waals surface area contributed by atoms with Crippen molar-refractivity contribution in [3.05, 3.63) is 24.4 Å². The lowest BCUT2D eigenvalue weighted by atomic mass is 9.82. The Morgan fingerprint density at radius 3 is 3.04 bits per heavy atom. The molecule has 0 aliphatic carbocycles. The standard InChI is InChI=1S/C15H20N2O5S/c1-23(19,20)8-14(18)17-6-12-7-21-10-15(12,9-17)11-22-13-4-2-3-5-16-13/h2-5,12H,6-11H2,1H3/t12-,15+/m0/s1. The van der Waals surface area contributed by atoms with Crippen LogP contribution in [0.4, 0.5) is 0 Å². The number of carbonyl (C=O) groups is 1. The van der Waals surface area contributed by atoms with Crippen LogP contribution < -0.4 is 4.74 Å². The van der Waals surface area contributed by atoms with Crippen LogP contribution in [0.15, 0.2) is 24.4 Å². The highest BCUT2D eigenvalue weighted by Crippen LogP contribution is 2.41. The smallest absolute Gasteiger partial charge is 0.237 e. The molecule has 0 N–H and O–H groups in total. The largest absolute Gasteiger partial charge is 0.477 e. The van der Waals surface area contributed by atoms with E-state index in [1.54, 1.807) is 17.2 Å². The summed E-state index contributed by atoms with van der Waals surface area (Å²) in [6.45, 7) is 2.44. The maximum Gasteiger partial charge on any atom is 0.237 e. The molecule has 0 aromatic carbocycles. The van der Waals surface area contributed by atoms with Gasteiger partial charge < -0.3 is 14.4 Å². The molecule has 3 heterocycles. The molecule has 2 atom stereocenters. The van der Waals surface area contributed by atoms with E-state index in [9.17, 15) is 13.2 Å². The molecule has 1 aromatic heterocycles. The summed E-state index contributed by atoms with van der Waals surface area (Å²) in [6, 6.07) is 5.44. The molecule has 2 fully saturated rings. The number of ether oxygens (including phenoxy) is 2. The van der Waals surface area contributed by atoms with Gasteiger partial charge >= 0.3 is 0 Å². The van der Waals surface area contributed by atoms with Gasteiger partial charge in [0.2, 0.25) is 11.8 Å². The van der Waals surface area contributed by atoms with Crippen molar-refractivity contribution in [3.8, 4) is 5.88 Å². The fourth-order valence-electron chi connectivity index (χ4n) is 3.19. The number of sulfone groups is 1. The van der Waals surface area contributed by atoms with Crippen molar-refractivity contribution in [3.63, 3.8) is 0 Å². The first-order chi connectivity index (χ1) is 10.9. The maximum absolute atomic E-state index is 12.2. The van der Waals surface area contributed by atoms with Gasteiger partial charge in [0.05, 0.1) is 25.2 Å². The van der Waals surface area contributed by atoms with Gasteiger partial charge in [0, 0.05) is 37.5 Å². The normalized spacial score (nSPS) is 27.0. The first-order valence-corrected chi connectivity index (χ1v) is 9.51. The highest BCUT2D eigenvalue weighted by atomic mass is 32.2. The van der Waals surface area contributed by atoms with E-state index in [0.29, 0.717) is 38.8 Å². The van der Waals surface area contributed by atoms with Gasteiger partial charge in [0.15, 0.2) is 9.84 Å². The molecule has 1 aromatic rings. The zero-order valence-corrected chi connectivity index (χ0v) is 13.8. The number of hydrogen-bond acceptors (Lipinski definition) is 6. The van der Waals surface area contributed by atoms with Gasteiger partial charge in [-0.15, -0.1) is 0 Å². The van der Waals surface area contributed by atoms with Crippen LogP contribution in [0.25, 0.3) is 0 Å². The second-order valence-electron chi connectivity index (χ2n) is 6.38. The van der Waals surface area contributed by atoms with Crippen molar-refractivity contribution >= 4 is 15.7 Å². The van der Waals surface area contributed by atoms with Crippen molar-refractivity contribution < 1.29 is 22.7 Å². The molecule has 2 aliphatic heterocycles. The molecule has 3 rings (SSSR count). The second-order valence-corrected chi connectivity index (χ2v) is 8.52. The number of amides is 1. The van der Waals surface area contributed by atoms with Crippen LogP contribution >= 0.6 is 0 Å². The number of pyridine rings is 1. The van der Waals surface area contributed by atoms with Crippen molar-refractivity contribution in [1.29, 1.82) is 0 Å². The lowest BCUT2D eigenvalue weighted by Gasteiger charge is -2.26. The van der Waals surface area contributed by atoms with E-state index in [2.05, 4.69) is 4.98 Å². The number of fused-ring (bicyclic) bond motifs is 1.